The summed E-state index contributed by atoms with van der Waals surface area (Å²) in [5.74, 6) is -0.477. The number of hydrogen-bond acceptors (Lipinski definition) is 4. The Morgan fingerprint density at radius 3 is 2.36 bits per heavy atom. The smallest absolute Gasteiger partial charge is 0.242 e. The number of nitrogens with zero attached hydrogens (tertiary/aromatic N) is 2. The van der Waals surface area contributed by atoms with Crippen LogP contribution in [-0.2, 0) is 26.2 Å². The zero-order chi connectivity index (χ0) is 24.8. The van der Waals surface area contributed by atoms with Crippen molar-refractivity contribution in [2.75, 3.05) is 24.2 Å². The number of benzene rings is 2. The maximum atomic E-state index is 13.2. The molecule has 2 aromatic rings. The predicted octanol–water partition coefficient (Wildman–Crippen LogP) is 3.67. The van der Waals surface area contributed by atoms with E-state index in [9.17, 15) is 18.0 Å². The fraction of sp³-hybridized carbons (Fsp3) is 0.417. The Bertz CT molecular complexity index is 1100. The van der Waals surface area contributed by atoms with Crippen LogP contribution in [-0.4, -0.2) is 51.0 Å². The standard InChI is InChI=1S/C24H32ClN3O4S/c1-17-9-6-7-10-20(17)16-27(19(3)24(30)26-4)23(29)11-8-14-28(33(5,31)32)22-15-21(25)13-12-18(22)2/h6-7,9-10,12-13,15,19H,8,11,14,16H2,1-5H3,(H,26,30). The lowest BCUT2D eigenvalue weighted by molar-refractivity contribution is -0.140. The molecule has 2 amide bonds. The second-order valence-electron chi connectivity index (χ2n) is 8.11. The van der Waals surface area contributed by atoms with Crippen molar-refractivity contribution in [2.24, 2.45) is 0 Å². The minimum atomic E-state index is -3.58. The van der Waals surface area contributed by atoms with Crippen molar-refractivity contribution in [3.8, 4) is 0 Å². The van der Waals surface area contributed by atoms with Crippen LogP contribution in [0.1, 0.15) is 36.5 Å². The number of anilines is 1. The Balaban J connectivity index is 2.19. The van der Waals surface area contributed by atoms with Gasteiger partial charge in [0.05, 0.1) is 11.9 Å². The van der Waals surface area contributed by atoms with Gasteiger partial charge in [-0.2, -0.15) is 0 Å². The summed E-state index contributed by atoms with van der Waals surface area (Å²) in [6, 6.07) is 12.1. The van der Waals surface area contributed by atoms with Gasteiger partial charge in [-0.05, 0) is 56.0 Å². The van der Waals surface area contributed by atoms with E-state index >= 15 is 0 Å². The normalized spacial score (nSPS) is 12.2. The van der Waals surface area contributed by atoms with Gasteiger partial charge in [-0.3, -0.25) is 13.9 Å². The van der Waals surface area contributed by atoms with E-state index in [0.717, 1.165) is 22.9 Å². The Morgan fingerprint density at radius 2 is 1.76 bits per heavy atom. The summed E-state index contributed by atoms with van der Waals surface area (Å²) in [4.78, 5) is 27.0. The average Bonchev–Trinajstić information content (AvgIpc) is 2.76. The molecule has 0 aliphatic heterocycles. The number of sulfonamides is 1. The molecule has 0 spiro atoms. The minimum Gasteiger partial charge on any atom is -0.357 e. The molecule has 7 nitrogen and oxygen atoms in total. The Labute approximate surface area is 201 Å². The molecular weight excluding hydrogens is 462 g/mol. The summed E-state index contributed by atoms with van der Waals surface area (Å²) >= 11 is 6.08. The maximum Gasteiger partial charge on any atom is 0.242 e. The van der Waals surface area contributed by atoms with E-state index < -0.39 is 16.1 Å². The van der Waals surface area contributed by atoms with E-state index in [1.165, 1.54) is 16.3 Å². The first-order valence-corrected chi connectivity index (χ1v) is 13.0. The predicted molar refractivity (Wildman–Crippen MR) is 133 cm³/mol. The van der Waals surface area contributed by atoms with Gasteiger partial charge < -0.3 is 10.2 Å². The third-order valence-corrected chi connectivity index (χ3v) is 7.02. The van der Waals surface area contributed by atoms with Crippen molar-refractivity contribution in [1.29, 1.82) is 0 Å². The summed E-state index contributed by atoms with van der Waals surface area (Å²) in [5, 5.41) is 3.03. The molecule has 1 N–H and O–H groups in total. The number of carbonyl (C=O) groups is 2. The molecule has 33 heavy (non-hydrogen) atoms. The molecule has 0 saturated carbocycles. The van der Waals surface area contributed by atoms with Gasteiger partial charge in [0.25, 0.3) is 0 Å². The number of halogens is 1. The number of amides is 2. The van der Waals surface area contributed by atoms with E-state index in [2.05, 4.69) is 5.32 Å². The molecule has 2 aromatic carbocycles. The molecule has 0 aliphatic carbocycles. The summed E-state index contributed by atoms with van der Waals surface area (Å²) < 4.78 is 26.2. The fourth-order valence-corrected chi connectivity index (χ4v) is 4.78. The first-order chi connectivity index (χ1) is 15.5. The largest absolute Gasteiger partial charge is 0.357 e. The van der Waals surface area contributed by atoms with Gasteiger partial charge in [-0.25, -0.2) is 8.42 Å². The lowest BCUT2D eigenvalue weighted by Gasteiger charge is -2.29. The van der Waals surface area contributed by atoms with Crippen LogP contribution in [0.15, 0.2) is 42.5 Å². The van der Waals surface area contributed by atoms with Gasteiger partial charge in [0, 0.05) is 31.6 Å². The van der Waals surface area contributed by atoms with Crippen LogP contribution in [0, 0.1) is 13.8 Å². The molecule has 0 fully saturated rings. The zero-order valence-corrected chi connectivity index (χ0v) is 21.3. The highest BCUT2D eigenvalue weighted by molar-refractivity contribution is 7.92. The van der Waals surface area contributed by atoms with Gasteiger partial charge in [0.2, 0.25) is 21.8 Å². The van der Waals surface area contributed by atoms with E-state index in [-0.39, 0.29) is 24.8 Å². The van der Waals surface area contributed by atoms with Crippen molar-refractivity contribution in [3.05, 3.63) is 64.2 Å². The second-order valence-corrected chi connectivity index (χ2v) is 10.5. The zero-order valence-electron chi connectivity index (χ0n) is 19.8. The molecule has 180 valence electrons. The molecule has 0 radical (unpaired) electrons. The SMILES string of the molecule is CNC(=O)C(C)N(Cc1ccccc1C)C(=O)CCCN(c1cc(Cl)ccc1C)S(C)(=O)=O. The van der Waals surface area contributed by atoms with Crippen molar-refractivity contribution in [3.63, 3.8) is 0 Å². The van der Waals surface area contributed by atoms with Crippen LogP contribution >= 0.6 is 11.6 Å². The highest BCUT2D eigenvalue weighted by atomic mass is 35.5. The molecule has 0 saturated heterocycles. The first kappa shape index (κ1) is 26.7. The van der Waals surface area contributed by atoms with E-state index in [0.29, 0.717) is 23.7 Å². The third kappa shape index (κ3) is 7.20. The number of likely N-dealkylation sites (N-methyl/N-ethyl adjacent to an activating group) is 1. The summed E-state index contributed by atoms with van der Waals surface area (Å²) in [7, 11) is -2.04. The summed E-state index contributed by atoms with van der Waals surface area (Å²) in [6.07, 6.45) is 1.52. The average molecular weight is 494 g/mol. The first-order valence-electron chi connectivity index (χ1n) is 10.7. The molecule has 2 rings (SSSR count). The van der Waals surface area contributed by atoms with Crippen molar-refractivity contribution in [1.82, 2.24) is 10.2 Å². The van der Waals surface area contributed by atoms with E-state index in [1.54, 1.807) is 25.1 Å². The van der Waals surface area contributed by atoms with Crippen LogP contribution in [0.25, 0.3) is 0 Å². The number of hydrogen-bond donors (Lipinski definition) is 1. The van der Waals surface area contributed by atoms with Crippen LogP contribution in [0.2, 0.25) is 5.02 Å². The maximum absolute atomic E-state index is 13.2. The molecular formula is C24H32ClN3O4S. The van der Waals surface area contributed by atoms with E-state index in [4.69, 9.17) is 11.6 Å². The lowest BCUT2D eigenvalue weighted by atomic mass is 10.1. The molecule has 1 atom stereocenters. The number of nitrogens with one attached hydrogen (secondary N) is 1. The van der Waals surface area contributed by atoms with Crippen molar-refractivity contribution < 1.29 is 18.0 Å². The lowest BCUT2D eigenvalue weighted by Crippen LogP contribution is -2.47. The minimum absolute atomic E-state index is 0.0961. The third-order valence-electron chi connectivity index (χ3n) is 5.61. The molecule has 9 heteroatoms. The van der Waals surface area contributed by atoms with Crippen LogP contribution in [0.3, 0.4) is 0 Å². The molecule has 0 aromatic heterocycles. The number of rotatable bonds is 10. The van der Waals surface area contributed by atoms with Crippen LogP contribution < -0.4 is 9.62 Å². The van der Waals surface area contributed by atoms with Gasteiger partial charge in [0.15, 0.2) is 0 Å². The number of aryl methyl sites for hydroxylation is 2. The fourth-order valence-electron chi connectivity index (χ4n) is 3.60. The second kappa shape index (κ2) is 11.5. The topological polar surface area (TPSA) is 86.8 Å². The summed E-state index contributed by atoms with van der Waals surface area (Å²) in [5.41, 5.74) is 3.24. The molecule has 0 bridgehead atoms. The van der Waals surface area contributed by atoms with Crippen molar-refractivity contribution in [2.45, 2.75) is 46.2 Å². The highest BCUT2D eigenvalue weighted by Gasteiger charge is 2.26. The van der Waals surface area contributed by atoms with Gasteiger partial charge in [0.1, 0.15) is 6.04 Å². The molecule has 1 unspecified atom stereocenters. The van der Waals surface area contributed by atoms with Crippen molar-refractivity contribution >= 4 is 39.1 Å². The molecule has 0 aliphatic rings. The van der Waals surface area contributed by atoms with Crippen LogP contribution in [0.4, 0.5) is 5.69 Å². The van der Waals surface area contributed by atoms with Gasteiger partial charge in [-0.1, -0.05) is 41.9 Å². The van der Waals surface area contributed by atoms with Gasteiger partial charge in [-0.15, -0.1) is 0 Å². The Hall–Kier alpha value is -2.58. The van der Waals surface area contributed by atoms with Gasteiger partial charge >= 0.3 is 0 Å². The summed E-state index contributed by atoms with van der Waals surface area (Å²) in [6.45, 7) is 5.87. The molecule has 0 heterocycles. The Kier molecular flexibility index (Phi) is 9.31. The quantitative estimate of drug-likeness (QED) is 0.547. The van der Waals surface area contributed by atoms with E-state index in [1.807, 2.05) is 38.1 Å². The van der Waals surface area contributed by atoms with Crippen LogP contribution in [0.5, 0.6) is 0 Å². The highest BCUT2D eigenvalue weighted by Crippen LogP contribution is 2.27. The monoisotopic (exact) mass is 493 g/mol. The number of carbonyl (C=O) groups excluding carboxylic acids is 2. The Morgan fingerprint density at radius 1 is 1.09 bits per heavy atom.